The molecule has 0 saturated carbocycles. The first-order valence-corrected chi connectivity index (χ1v) is 9.02. The molecular weight excluding hydrogens is 348 g/mol. The largest absolute Gasteiger partial charge is 0.394 e. The number of benzene rings is 1. The second-order valence-electron chi connectivity index (χ2n) is 6.34. The van der Waals surface area contributed by atoms with Gasteiger partial charge in [-0.3, -0.25) is 14.5 Å². The van der Waals surface area contributed by atoms with Gasteiger partial charge in [-0.05, 0) is 12.1 Å². The van der Waals surface area contributed by atoms with Crippen molar-refractivity contribution in [2.75, 3.05) is 46.0 Å². The van der Waals surface area contributed by atoms with Gasteiger partial charge in [0.15, 0.2) is 0 Å². The van der Waals surface area contributed by atoms with Crippen molar-refractivity contribution in [2.45, 2.75) is 6.04 Å². The van der Waals surface area contributed by atoms with E-state index >= 15 is 0 Å². The molecule has 27 heavy (non-hydrogen) atoms. The Balaban J connectivity index is 1.52. The number of hydrogen-bond donors (Lipinski definition) is 3. The van der Waals surface area contributed by atoms with E-state index in [9.17, 15) is 14.7 Å². The molecule has 1 atom stereocenters. The number of hydrogen-bond acceptors (Lipinski definition) is 6. The van der Waals surface area contributed by atoms with Gasteiger partial charge in [-0.25, -0.2) is 4.98 Å². The highest BCUT2D eigenvalue weighted by Crippen LogP contribution is 2.11. The van der Waals surface area contributed by atoms with Gasteiger partial charge in [0, 0.05) is 31.6 Å². The van der Waals surface area contributed by atoms with Crippen LogP contribution >= 0.6 is 0 Å². The zero-order valence-electron chi connectivity index (χ0n) is 15.1. The van der Waals surface area contributed by atoms with Gasteiger partial charge in [0.05, 0.1) is 25.3 Å². The number of nitrogens with one attached hydrogen (secondary N) is 2. The molecule has 1 aromatic heterocycles. The minimum Gasteiger partial charge on any atom is -0.394 e. The van der Waals surface area contributed by atoms with E-state index in [1.165, 1.54) is 0 Å². The van der Waals surface area contributed by atoms with Crippen molar-refractivity contribution in [1.29, 1.82) is 0 Å². The van der Waals surface area contributed by atoms with Crippen LogP contribution < -0.4 is 10.6 Å². The lowest BCUT2D eigenvalue weighted by Crippen LogP contribution is -2.50. The molecule has 0 aliphatic carbocycles. The summed E-state index contributed by atoms with van der Waals surface area (Å²) in [5.41, 5.74) is 0.897. The van der Waals surface area contributed by atoms with Gasteiger partial charge in [-0.15, -0.1) is 0 Å². The van der Waals surface area contributed by atoms with E-state index in [1.807, 2.05) is 24.3 Å². The lowest BCUT2D eigenvalue weighted by atomic mass is 10.2. The normalized spacial score (nSPS) is 16.0. The smallest absolute Gasteiger partial charge is 0.270 e. The lowest BCUT2D eigenvalue weighted by Gasteiger charge is -2.26. The van der Waals surface area contributed by atoms with Crippen LogP contribution in [0.1, 0.15) is 10.5 Å². The van der Waals surface area contributed by atoms with E-state index in [-0.39, 0.29) is 5.69 Å². The fourth-order valence-corrected chi connectivity index (χ4v) is 2.90. The third-order valence-electron chi connectivity index (χ3n) is 4.47. The summed E-state index contributed by atoms with van der Waals surface area (Å²) in [5, 5.41) is 15.7. The van der Waals surface area contributed by atoms with Crippen molar-refractivity contribution in [1.82, 2.24) is 20.5 Å². The number of rotatable bonds is 7. The third-order valence-corrected chi connectivity index (χ3v) is 4.47. The second kappa shape index (κ2) is 9.40. The van der Waals surface area contributed by atoms with E-state index in [0.717, 1.165) is 18.5 Å². The van der Waals surface area contributed by atoms with Crippen LogP contribution in [0.5, 0.6) is 0 Å². The zero-order chi connectivity index (χ0) is 19.1. The number of pyridine rings is 1. The Labute approximate surface area is 157 Å². The third kappa shape index (κ3) is 5.22. The standard InChI is InChI=1S/C19H24N4O4/c24-13-17(18(25)20-7-8-23-9-11-27-12-10-23)22-19(26)16-6-5-14-3-1-2-4-15(14)21-16/h1-6,17,24H,7-13H2,(H,20,25)(H,22,26). The molecule has 1 aromatic carbocycles. The number of carbonyl (C=O) groups excluding carboxylic acids is 2. The molecule has 0 spiro atoms. The summed E-state index contributed by atoms with van der Waals surface area (Å²) in [6.07, 6.45) is 0. The molecule has 8 nitrogen and oxygen atoms in total. The number of carbonyl (C=O) groups is 2. The molecule has 1 saturated heterocycles. The molecule has 144 valence electrons. The Bertz CT molecular complexity index is 792. The number of amides is 2. The quantitative estimate of drug-likeness (QED) is 0.621. The topological polar surface area (TPSA) is 104 Å². The highest BCUT2D eigenvalue weighted by molar-refractivity contribution is 5.97. The van der Waals surface area contributed by atoms with Crippen molar-refractivity contribution < 1.29 is 19.4 Å². The first-order chi connectivity index (χ1) is 13.2. The first-order valence-electron chi connectivity index (χ1n) is 9.02. The number of aliphatic hydroxyl groups is 1. The van der Waals surface area contributed by atoms with E-state index in [2.05, 4.69) is 20.5 Å². The summed E-state index contributed by atoms with van der Waals surface area (Å²) in [6.45, 7) is 3.73. The molecular formula is C19H24N4O4. The minimum absolute atomic E-state index is 0.202. The monoisotopic (exact) mass is 372 g/mol. The first kappa shape index (κ1) is 19.2. The number of para-hydroxylation sites is 1. The van der Waals surface area contributed by atoms with Crippen LogP contribution in [0.25, 0.3) is 10.9 Å². The summed E-state index contributed by atoms with van der Waals surface area (Å²) >= 11 is 0. The van der Waals surface area contributed by atoms with Crippen molar-refractivity contribution in [2.24, 2.45) is 0 Å². The van der Waals surface area contributed by atoms with E-state index in [1.54, 1.807) is 12.1 Å². The molecule has 8 heteroatoms. The molecule has 1 fully saturated rings. The molecule has 3 N–H and O–H groups in total. The summed E-state index contributed by atoms with van der Waals surface area (Å²) in [5.74, 6) is -0.914. The van der Waals surface area contributed by atoms with Crippen LogP contribution in [-0.4, -0.2) is 78.8 Å². The molecule has 1 unspecified atom stereocenters. The molecule has 1 aliphatic heterocycles. The van der Waals surface area contributed by atoms with Gasteiger partial charge in [0.2, 0.25) is 5.91 Å². The molecule has 3 rings (SSSR count). The lowest BCUT2D eigenvalue weighted by molar-refractivity contribution is -0.123. The van der Waals surface area contributed by atoms with Crippen LogP contribution in [0.15, 0.2) is 36.4 Å². The number of morpholine rings is 1. The van der Waals surface area contributed by atoms with Crippen LogP contribution in [0.2, 0.25) is 0 Å². The summed E-state index contributed by atoms with van der Waals surface area (Å²) in [6, 6.07) is 9.84. The zero-order valence-corrected chi connectivity index (χ0v) is 15.1. The molecule has 1 aliphatic rings. The number of aliphatic hydroxyl groups excluding tert-OH is 1. The Morgan fingerprint density at radius 2 is 1.96 bits per heavy atom. The fraction of sp³-hybridized carbons (Fsp3) is 0.421. The second-order valence-corrected chi connectivity index (χ2v) is 6.34. The maximum atomic E-state index is 12.4. The van der Waals surface area contributed by atoms with E-state index in [0.29, 0.717) is 31.8 Å². The SMILES string of the molecule is O=C(NC(CO)C(=O)NCCN1CCOCC1)c1ccc2ccccc2n1. The number of ether oxygens (including phenoxy) is 1. The predicted molar refractivity (Wildman–Crippen MR) is 100 cm³/mol. The maximum absolute atomic E-state index is 12.4. The average Bonchev–Trinajstić information content (AvgIpc) is 2.72. The van der Waals surface area contributed by atoms with Gasteiger partial charge in [-0.1, -0.05) is 24.3 Å². The summed E-state index contributed by atoms with van der Waals surface area (Å²) in [7, 11) is 0. The highest BCUT2D eigenvalue weighted by atomic mass is 16.5. The van der Waals surface area contributed by atoms with Gasteiger partial charge in [0.25, 0.3) is 5.91 Å². The Hall–Kier alpha value is -2.55. The maximum Gasteiger partial charge on any atom is 0.270 e. The molecule has 2 amide bonds. The van der Waals surface area contributed by atoms with E-state index in [4.69, 9.17) is 4.74 Å². The number of aromatic nitrogens is 1. The summed E-state index contributed by atoms with van der Waals surface area (Å²) in [4.78, 5) is 31.1. The molecule has 0 radical (unpaired) electrons. The fourth-order valence-electron chi connectivity index (χ4n) is 2.90. The van der Waals surface area contributed by atoms with Crippen molar-refractivity contribution in [3.05, 3.63) is 42.1 Å². The Morgan fingerprint density at radius 3 is 2.74 bits per heavy atom. The minimum atomic E-state index is -1.02. The summed E-state index contributed by atoms with van der Waals surface area (Å²) < 4.78 is 5.28. The van der Waals surface area contributed by atoms with E-state index < -0.39 is 24.5 Å². The molecule has 0 bridgehead atoms. The Kier molecular flexibility index (Phi) is 6.69. The number of fused-ring (bicyclic) bond motifs is 1. The van der Waals surface area contributed by atoms with Gasteiger partial charge >= 0.3 is 0 Å². The van der Waals surface area contributed by atoms with Crippen LogP contribution in [-0.2, 0) is 9.53 Å². The van der Waals surface area contributed by atoms with Crippen LogP contribution in [0.4, 0.5) is 0 Å². The van der Waals surface area contributed by atoms with Crippen molar-refractivity contribution in [3.8, 4) is 0 Å². The predicted octanol–water partition coefficient (Wildman–Crippen LogP) is -0.226. The molecule has 2 aromatic rings. The highest BCUT2D eigenvalue weighted by Gasteiger charge is 2.21. The van der Waals surface area contributed by atoms with Crippen molar-refractivity contribution >= 4 is 22.7 Å². The van der Waals surface area contributed by atoms with Gasteiger partial charge in [-0.2, -0.15) is 0 Å². The Morgan fingerprint density at radius 1 is 1.19 bits per heavy atom. The van der Waals surface area contributed by atoms with Crippen LogP contribution in [0, 0.1) is 0 Å². The average molecular weight is 372 g/mol. The molecule has 2 heterocycles. The van der Waals surface area contributed by atoms with Crippen LogP contribution in [0.3, 0.4) is 0 Å². The van der Waals surface area contributed by atoms with Crippen molar-refractivity contribution in [3.63, 3.8) is 0 Å². The van der Waals surface area contributed by atoms with Gasteiger partial charge in [0.1, 0.15) is 11.7 Å². The van der Waals surface area contributed by atoms with Gasteiger partial charge < -0.3 is 20.5 Å². The number of nitrogens with zero attached hydrogens (tertiary/aromatic N) is 2.